The van der Waals surface area contributed by atoms with Crippen LogP contribution in [-0.4, -0.2) is 75.2 Å². The van der Waals surface area contributed by atoms with E-state index < -0.39 is 29.5 Å². The zero-order valence-electron chi connectivity index (χ0n) is 23.7. The van der Waals surface area contributed by atoms with Crippen LogP contribution in [0.5, 0.6) is 5.75 Å². The third-order valence-corrected chi connectivity index (χ3v) is 6.25. The van der Waals surface area contributed by atoms with Gasteiger partial charge in [-0.2, -0.15) is 0 Å². The highest BCUT2D eigenvalue weighted by Gasteiger charge is 2.50. The first-order valence-corrected chi connectivity index (χ1v) is 13.4. The van der Waals surface area contributed by atoms with Gasteiger partial charge in [0.1, 0.15) is 17.4 Å². The van der Waals surface area contributed by atoms with Crippen molar-refractivity contribution in [1.82, 2.24) is 16.0 Å². The number of carbonyl (C=O) groups is 4. The Labute approximate surface area is 240 Å². The molecule has 0 spiro atoms. The van der Waals surface area contributed by atoms with Crippen molar-refractivity contribution in [2.45, 2.75) is 57.7 Å². The second-order valence-corrected chi connectivity index (χ2v) is 9.75. The lowest BCUT2D eigenvalue weighted by Gasteiger charge is -2.20. The Morgan fingerprint density at radius 2 is 1.70 bits per heavy atom. The monoisotopic (exact) mass is 561 g/mol. The molecule has 4 rings (SSSR count). The summed E-state index contributed by atoms with van der Waals surface area (Å²) in [6.07, 6.45) is 3.30. The molecule has 40 heavy (non-hydrogen) atoms. The van der Waals surface area contributed by atoms with Crippen LogP contribution in [0.2, 0.25) is 0 Å². The molecule has 0 saturated carbocycles. The van der Waals surface area contributed by atoms with Gasteiger partial charge in [-0.25, -0.2) is 0 Å². The minimum Gasteiger partial charge on any atom is -0.497 e. The zero-order chi connectivity index (χ0) is 29.4. The molecule has 0 unspecified atom stereocenters. The van der Waals surface area contributed by atoms with E-state index in [0.717, 1.165) is 24.5 Å². The molecular formula is C30H47N3O7. The molecule has 3 atom stereocenters. The van der Waals surface area contributed by atoms with Gasteiger partial charge in [-0.05, 0) is 57.7 Å². The number of nitrogens with one attached hydrogen (secondary N) is 3. The molecule has 2 heterocycles. The summed E-state index contributed by atoms with van der Waals surface area (Å²) in [6, 6.07) is 15.8. The summed E-state index contributed by atoms with van der Waals surface area (Å²) in [4.78, 5) is 46.8. The number of ketones is 1. The fourth-order valence-electron chi connectivity index (χ4n) is 3.61. The molecule has 3 N–H and O–H groups in total. The number of Topliss-reactive ketones (excluding diaryl/α,β-unsaturated/α-hetero) is 1. The third-order valence-electron chi connectivity index (χ3n) is 6.25. The molecule has 0 aliphatic carbocycles. The van der Waals surface area contributed by atoms with Gasteiger partial charge >= 0.3 is 0 Å². The summed E-state index contributed by atoms with van der Waals surface area (Å²) in [5.74, 6) is -0.261. The van der Waals surface area contributed by atoms with E-state index in [-0.39, 0.29) is 16.6 Å². The van der Waals surface area contributed by atoms with Crippen LogP contribution in [0.3, 0.4) is 0 Å². The van der Waals surface area contributed by atoms with E-state index in [9.17, 15) is 19.2 Å². The Morgan fingerprint density at radius 3 is 2.20 bits per heavy atom. The van der Waals surface area contributed by atoms with E-state index in [0.29, 0.717) is 19.4 Å². The maximum Gasteiger partial charge on any atom is 0.242 e. The summed E-state index contributed by atoms with van der Waals surface area (Å²) in [5, 5.41) is 7.37. The number of benzene rings is 2. The fraction of sp³-hybridized carbons (Fsp3) is 0.467. The normalized spacial score (nSPS) is 18.3. The molecule has 2 aromatic rings. The molecule has 2 aliphatic heterocycles. The first kappa shape index (κ1) is 32.5. The van der Waals surface area contributed by atoms with Crippen LogP contribution in [0, 0.1) is 6.92 Å². The number of epoxide rings is 1. The van der Waals surface area contributed by atoms with Gasteiger partial charge in [0.2, 0.25) is 18.2 Å². The predicted octanol–water partition coefficient (Wildman–Crippen LogP) is 2.86. The average Bonchev–Trinajstić information content (AvgIpc) is 3.42. The molecule has 224 valence electrons. The van der Waals surface area contributed by atoms with Crippen LogP contribution >= 0.6 is 0 Å². The van der Waals surface area contributed by atoms with Crippen molar-refractivity contribution in [3.63, 3.8) is 0 Å². The second kappa shape index (κ2) is 17.0. The second-order valence-electron chi connectivity index (χ2n) is 9.75. The van der Waals surface area contributed by atoms with Crippen LogP contribution in [0.4, 0.5) is 0 Å². The van der Waals surface area contributed by atoms with Crippen LogP contribution in [-0.2, 0) is 35.1 Å². The molecule has 10 nitrogen and oxygen atoms in total. The first-order valence-electron chi connectivity index (χ1n) is 13.4. The lowest BCUT2D eigenvalue weighted by Crippen LogP contribution is -2.51. The van der Waals surface area contributed by atoms with Crippen molar-refractivity contribution in [2.75, 3.05) is 33.5 Å². The molecule has 2 saturated heterocycles. The highest BCUT2D eigenvalue weighted by atomic mass is 16.6. The number of rotatable bonds is 11. The Hall–Kier alpha value is -3.76. The van der Waals surface area contributed by atoms with Crippen LogP contribution in [0.15, 0.2) is 54.6 Å². The molecule has 0 radical (unpaired) electrons. The van der Waals surface area contributed by atoms with Gasteiger partial charge in [0, 0.05) is 17.5 Å². The minimum atomic E-state index is -0.863. The van der Waals surface area contributed by atoms with Gasteiger partial charge in [-0.15, -0.1) is 0 Å². The fourth-order valence-corrected chi connectivity index (χ4v) is 3.61. The molecule has 2 aromatic carbocycles. The largest absolute Gasteiger partial charge is 0.497 e. The van der Waals surface area contributed by atoms with Gasteiger partial charge in [0.25, 0.3) is 0 Å². The van der Waals surface area contributed by atoms with Gasteiger partial charge in [-0.1, -0.05) is 48.0 Å². The van der Waals surface area contributed by atoms with Crippen LogP contribution in [0.25, 0.3) is 0 Å². The van der Waals surface area contributed by atoms with Crippen molar-refractivity contribution in [3.8, 4) is 5.75 Å². The number of aryl methyl sites for hydroxylation is 1. The minimum absolute atomic E-state index is 0. The van der Waals surface area contributed by atoms with Gasteiger partial charge in [0.15, 0.2) is 5.78 Å². The molecule has 10 heteroatoms. The predicted molar refractivity (Wildman–Crippen MR) is 157 cm³/mol. The summed E-state index contributed by atoms with van der Waals surface area (Å²) in [5.41, 5.74) is 1.30. The Kier molecular flexibility index (Phi) is 13.8. The average molecular weight is 562 g/mol. The van der Waals surface area contributed by atoms with Crippen LogP contribution in [0.1, 0.15) is 42.1 Å². The molecule has 2 fully saturated rings. The molecular weight excluding hydrogens is 514 g/mol. The Balaban J connectivity index is 0. The number of hydrogen-bond donors (Lipinski definition) is 3. The molecule has 0 aromatic heterocycles. The standard InChI is InChI=1S/C18H23N3O5.C8H10O.C4H8O.3H2/c1-12(20-11-22)17(25)19-9-15(23)21-14(16(24)18(2)10-26-18)8-13-6-4-3-5-7-13;1-7-3-5-8(9-2)6-4-7;1-2-4-5-3-1;;;/h3-7,11-12,14H,8-10H2,1-2H3,(H,19,25)(H,20,22)(H,21,23);3-6H,1-2H3;1-4H2;3*1H/t12-,14-,18+;;;;;/m0...../s1. The lowest BCUT2D eigenvalue weighted by molar-refractivity contribution is -0.131. The smallest absolute Gasteiger partial charge is 0.242 e. The highest BCUT2D eigenvalue weighted by Crippen LogP contribution is 2.29. The number of ether oxygens (including phenoxy) is 3. The highest BCUT2D eigenvalue weighted by molar-refractivity contribution is 5.97. The molecule has 0 bridgehead atoms. The van der Waals surface area contributed by atoms with Crippen molar-refractivity contribution in [3.05, 3.63) is 65.7 Å². The van der Waals surface area contributed by atoms with Gasteiger partial charge in [-0.3, -0.25) is 19.2 Å². The van der Waals surface area contributed by atoms with E-state index in [2.05, 4.69) is 22.9 Å². The first-order chi connectivity index (χ1) is 19.2. The van der Waals surface area contributed by atoms with Crippen molar-refractivity contribution in [1.29, 1.82) is 0 Å². The van der Waals surface area contributed by atoms with E-state index >= 15 is 0 Å². The zero-order valence-corrected chi connectivity index (χ0v) is 23.7. The molecule has 3 amide bonds. The number of hydrogen-bond acceptors (Lipinski definition) is 7. The maximum absolute atomic E-state index is 12.6. The number of amides is 3. The summed E-state index contributed by atoms with van der Waals surface area (Å²) in [6.45, 7) is 7.28. The third kappa shape index (κ3) is 12.0. The summed E-state index contributed by atoms with van der Waals surface area (Å²) in [7, 11) is 1.67. The van der Waals surface area contributed by atoms with Crippen molar-refractivity contribution < 1.29 is 37.7 Å². The van der Waals surface area contributed by atoms with Gasteiger partial charge < -0.3 is 30.2 Å². The Bertz CT molecular complexity index is 1080. The number of carbonyl (C=O) groups excluding carboxylic acids is 4. The van der Waals surface area contributed by atoms with E-state index in [4.69, 9.17) is 14.2 Å². The quantitative estimate of drug-likeness (QED) is 0.284. The van der Waals surface area contributed by atoms with Crippen LogP contribution < -0.4 is 20.7 Å². The summed E-state index contributed by atoms with van der Waals surface area (Å²) >= 11 is 0. The Morgan fingerprint density at radius 1 is 1.07 bits per heavy atom. The molecule has 2 aliphatic rings. The summed E-state index contributed by atoms with van der Waals surface area (Å²) < 4.78 is 15.1. The van der Waals surface area contributed by atoms with Crippen molar-refractivity contribution >= 4 is 24.0 Å². The van der Waals surface area contributed by atoms with E-state index in [1.165, 1.54) is 25.3 Å². The van der Waals surface area contributed by atoms with Gasteiger partial charge in [0.05, 0.1) is 26.3 Å². The van der Waals surface area contributed by atoms with Crippen molar-refractivity contribution in [2.24, 2.45) is 0 Å². The lowest BCUT2D eigenvalue weighted by atomic mass is 9.95. The topological polar surface area (TPSA) is 135 Å². The van der Waals surface area contributed by atoms with E-state index in [1.807, 2.05) is 54.6 Å². The maximum atomic E-state index is 12.6. The van der Waals surface area contributed by atoms with E-state index in [1.54, 1.807) is 14.0 Å². The number of methoxy groups -OCH3 is 1. The SMILES string of the molecule is C1CCOC1.COc1ccc(C)cc1.C[C@H](NC=O)C(=O)NCC(=O)N[C@@H](Cc1ccccc1)C(=O)[C@@]1(C)CO1.[HH].[HH].[HH].